The highest BCUT2D eigenvalue weighted by Gasteiger charge is 2.30. The summed E-state index contributed by atoms with van der Waals surface area (Å²) in [4.78, 5) is 11.5. The third-order valence-electron chi connectivity index (χ3n) is 5.72. The first-order valence-electron chi connectivity index (χ1n) is 10.6. The van der Waals surface area contributed by atoms with Crippen molar-refractivity contribution in [2.75, 3.05) is 6.61 Å². The molecule has 0 aliphatic heterocycles. The summed E-state index contributed by atoms with van der Waals surface area (Å²) in [5.74, 6) is -0.104. The van der Waals surface area contributed by atoms with Gasteiger partial charge in [0.15, 0.2) is 11.9 Å². The first-order valence-corrected chi connectivity index (χ1v) is 10.6. The van der Waals surface area contributed by atoms with Crippen LogP contribution >= 0.6 is 0 Å². The predicted molar refractivity (Wildman–Crippen MR) is 125 cm³/mol. The largest absolute Gasteiger partial charge is 0.466 e. The van der Waals surface area contributed by atoms with Crippen LogP contribution in [-0.4, -0.2) is 18.3 Å². The van der Waals surface area contributed by atoms with Gasteiger partial charge in [-0.2, -0.15) is 0 Å². The summed E-state index contributed by atoms with van der Waals surface area (Å²) in [7, 11) is 0. The second-order valence-corrected chi connectivity index (χ2v) is 8.15. The minimum Gasteiger partial charge on any atom is -0.466 e. The number of carbonyl (C=O) groups is 1. The molecule has 0 aliphatic carbocycles. The zero-order valence-corrected chi connectivity index (χ0v) is 18.5. The summed E-state index contributed by atoms with van der Waals surface area (Å²) in [6.07, 6.45) is 5.56. The van der Waals surface area contributed by atoms with Gasteiger partial charge in [0.25, 0.3) is 0 Å². The quantitative estimate of drug-likeness (QED) is 0.225. The molecule has 0 fully saturated rings. The zero-order valence-electron chi connectivity index (χ0n) is 18.5. The first-order chi connectivity index (χ1) is 13.8. The molecule has 164 valence electrons. The highest BCUT2D eigenvalue weighted by Crippen LogP contribution is 2.30. The van der Waals surface area contributed by atoms with Crippen LogP contribution in [0.15, 0.2) is 42.6 Å². The molecular weight excluding hydrogens is 372 g/mol. The Morgan fingerprint density at radius 1 is 1.10 bits per heavy atom. The summed E-state index contributed by atoms with van der Waals surface area (Å²) in [5.41, 5.74) is 5.09. The Labute approximate surface area is 182 Å². The molecule has 0 bridgehead atoms. The number of hydrogen-bond acceptors (Lipinski definition) is 3. The molecule has 2 aromatic rings. The van der Waals surface area contributed by atoms with Crippen LogP contribution in [0, 0.1) is 12.3 Å². The summed E-state index contributed by atoms with van der Waals surface area (Å²) >= 11 is 0. The van der Waals surface area contributed by atoms with Crippen LogP contribution in [0.25, 0.3) is 11.1 Å². The minimum absolute atomic E-state index is 0. The lowest BCUT2D eigenvalue weighted by Crippen LogP contribution is -2.41. The molecule has 0 spiro atoms. The molecule has 30 heavy (non-hydrogen) atoms. The number of pyridine rings is 1. The van der Waals surface area contributed by atoms with Crippen molar-refractivity contribution < 1.29 is 14.1 Å². The van der Waals surface area contributed by atoms with E-state index in [1.807, 2.05) is 19.9 Å². The van der Waals surface area contributed by atoms with E-state index in [1.165, 1.54) is 22.4 Å². The minimum atomic E-state index is -0.319. The lowest BCUT2D eigenvalue weighted by atomic mass is 9.79. The number of nitrogens with zero attached hydrogens (tertiary/aromatic N) is 1. The zero-order chi connectivity index (χ0) is 21.4. The standard InChI is InChI=1S/C25H35N2O2.CH4/c1-6-29-24(28)15-11-8-12-16-27-18-22(21-13-9-7-10-14-21)17-23(19(27)2)25(4,5)20(3)26;/h7,9-10,13-14,17-18,26H,6,8,11-12,15-16H2,1-5H3;1H4/q+1;. The van der Waals surface area contributed by atoms with Crippen LogP contribution in [0.3, 0.4) is 0 Å². The molecule has 0 amide bonds. The van der Waals surface area contributed by atoms with E-state index in [0.717, 1.165) is 25.8 Å². The molecule has 0 aliphatic rings. The van der Waals surface area contributed by atoms with Gasteiger partial charge in [-0.15, -0.1) is 0 Å². The fourth-order valence-electron chi connectivity index (χ4n) is 3.53. The van der Waals surface area contributed by atoms with Crippen molar-refractivity contribution in [3.8, 4) is 11.1 Å². The molecule has 1 N–H and O–H groups in total. The molecule has 0 saturated carbocycles. The molecule has 1 aromatic carbocycles. The van der Waals surface area contributed by atoms with Crippen molar-refractivity contribution in [3.05, 3.63) is 53.9 Å². The van der Waals surface area contributed by atoms with E-state index in [2.05, 4.69) is 61.9 Å². The van der Waals surface area contributed by atoms with Gasteiger partial charge >= 0.3 is 5.97 Å². The number of ether oxygens (including phenoxy) is 1. The van der Waals surface area contributed by atoms with E-state index < -0.39 is 0 Å². The fourth-order valence-corrected chi connectivity index (χ4v) is 3.53. The van der Waals surface area contributed by atoms with E-state index in [1.54, 1.807) is 0 Å². The van der Waals surface area contributed by atoms with Gasteiger partial charge < -0.3 is 10.1 Å². The van der Waals surface area contributed by atoms with Gasteiger partial charge in [0.1, 0.15) is 6.54 Å². The highest BCUT2D eigenvalue weighted by molar-refractivity contribution is 5.90. The van der Waals surface area contributed by atoms with Crippen molar-refractivity contribution in [1.82, 2.24) is 0 Å². The number of carbonyl (C=O) groups excluding carboxylic acids is 1. The summed E-state index contributed by atoms with van der Waals surface area (Å²) in [5, 5.41) is 8.29. The number of esters is 1. The number of hydrogen-bond donors (Lipinski definition) is 1. The van der Waals surface area contributed by atoms with Crippen molar-refractivity contribution in [2.24, 2.45) is 0 Å². The van der Waals surface area contributed by atoms with E-state index in [9.17, 15) is 4.79 Å². The van der Waals surface area contributed by atoms with Crippen molar-refractivity contribution in [3.63, 3.8) is 0 Å². The Bertz CT molecular complexity index is 842. The van der Waals surface area contributed by atoms with Crippen molar-refractivity contribution >= 4 is 11.7 Å². The maximum Gasteiger partial charge on any atom is 0.305 e. The van der Waals surface area contributed by atoms with E-state index >= 15 is 0 Å². The number of aryl methyl sites for hydroxylation is 1. The van der Waals surface area contributed by atoms with Crippen LogP contribution in [0.4, 0.5) is 0 Å². The Hall–Kier alpha value is -2.49. The summed E-state index contributed by atoms with van der Waals surface area (Å²) < 4.78 is 7.31. The van der Waals surface area contributed by atoms with Gasteiger partial charge in [-0.1, -0.05) is 51.6 Å². The molecule has 4 heteroatoms. The fraction of sp³-hybridized carbons (Fsp3) is 0.500. The predicted octanol–water partition coefficient (Wildman–Crippen LogP) is 6.03. The molecule has 0 unspecified atom stereocenters. The second kappa shape index (κ2) is 11.6. The highest BCUT2D eigenvalue weighted by atomic mass is 16.5. The average molecular weight is 412 g/mol. The normalized spacial score (nSPS) is 11.0. The van der Waals surface area contributed by atoms with E-state index in [0.29, 0.717) is 18.7 Å². The van der Waals surface area contributed by atoms with Crippen molar-refractivity contribution in [1.29, 1.82) is 5.41 Å². The number of nitrogens with one attached hydrogen (secondary N) is 1. The Balaban J connectivity index is 0.00000450. The summed E-state index contributed by atoms with van der Waals surface area (Å²) in [6, 6.07) is 12.6. The third-order valence-corrected chi connectivity index (χ3v) is 5.72. The Morgan fingerprint density at radius 2 is 1.77 bits per heavy atom. The second-order valence-electron chi connectivity index (χ2n) is 8.15. The van der Waals surface area contributed by atoms with Gasteiger partial charge in [-0.25, -0.2) is 4.57 Å². The lowest BCUT2D eigenvalue weighted by molar-refractivity contribution is -0.703. The molecule has 0 saturated heterocycles. The van der Waals surface area contributed by atoms with Gasteiger partial charge in [0.05, 0.1) is 6.61 Å². The summed E-state index contributed by atoms with van der Waals surface area (Å²) in [6.45, 7) is 11.5. The molecule has 0 atom stereocenters. The number of unbranched alkanes of at least 4 members (excludes halogenated alkanes) is 2. The number of aromatic nitrogens is 1. The number of rotatable bonds is 10. The van der Waals surface area contributed by atoms with Crippen LogP contribution in [0.1, 0.15) is 72.1 Å². The lowest BCUT2D eigenvalue weighted by Gasteiger charge is -2.25. The average Bonchev–Trinajstić information content (AvgIpc) is 2.69. The Morgan fingerprint density at radius 3 is 2.37 bits per heavy atom. The van der Waals surface area contributed by atoms with Crippen molar-refractivity contribution in [2.45, 2.75) is 79.7 Å². The smallest absolute Gasteiger partial charge is 0.305 e. The van der Waals surface area contributed by atoms with Gasteiger partial charge in [-0.3, -0.25) is 4.79 Å². The van der Waals surface area contributed by atoms with E-state index in [4.69, 9.17) is 10.1 Å². The molecule has 0 radical (unpaired) electrons. The first kappa shape index (κ1) is 25.5. The molecule has 1 heterocycles. The van der Waals surface area contributed by atoms with E-state index in [-0.39, 0.29) is 18.8 Å². The van der Waals surface area contributed by atoms with Gasteiger partial charge in [0.2, 0.25) is 0 Å². The molecule has 4 nitrogen and oxygen atoms in total. The topological polar surface area (TPSA) is 54.0 Å². The molecule has 1 aromatic heterocycles. The van der Waals surface area contributed by atoms with Gasteiger partial charge in [-0.05, 0) is 38.3 Å². The number of benzene rings is 1. The van der Waals surface area contributed by atoms with Crippen LogP contribution in [0.5, 0.6) is 0 Å². The SMILES string of the molecule is C.CCOC(=O)CCCCC[n+]1cc(-c2ccccc2)cc(C(C)(C)C(C)=N)c1C. The maximum absolute atomic E-state index is 11.5. The maximum atomic E-state index is 11.5. The Kier molecular flexibility index (Phi) is 9.91. The monoisotopic (exact) mass is 411 g/mol. The van der Waals surface area contributed by atoms with Crippen LogP contribution in [-0.2, 0) is 21.5 Å². The molecular formula is C26H39N2O2+. The van der Waals surface area contributed by atoms with Gasteiger partial charge in [0, 0.05) is 42.0 Å². The van der Waals surface area contributed by atoms with Crippen LogP contribution < -0.4 is 4.57 Å². The third kappa shape index (κ3) is 6.51. The van der Waals surface area contributed by atoms with Crippen LogP contribution in [0.2, 0.25) is 0 Å². The molecule has 2 rings (SSSR count).